The summed E-state index contributed by atoms with van der Waals surface area (Å²) >= 11 is 1.81. The van der Waals surface area contributed by atoms with E-state index in [0.717, 1.165) is 41.0 Å². The van der Waals surface area contributed by atoms with Crippen LogP contribution in [0.4, 0.5) is 14.5 Å². The van der Waals surface area contributed by atoms with E-state index in [1.54, 1.807) is 6.07 Å². The summed E-state index contributed by atoms with van der Waals surface area (Å²) in [5, 5.41) is 32.7. The maximum atomic E-state index is 13.6. The van der Waals surface area contributed by atoms with Gasteiger partial charge in [-0.15, -0.1) is 0 Å². The molecule has 0 saturated carbocycles. The van der Waals surface area contributed by atoms with Crippen LogP contribution in [-0.2, 0) is 13.0 Å². The van der Waals surface area contributed by atoms with Crippen LogP contribution in [0.5, 0.6) is 5.75 Å². The maximum absolute atomic E-state index is 13.6. The number of benzene rings is 1. The van der Waals surface area contributed by atoms with Crippen LogP contribution in [0.1, 0.15) is 53.1 Å². The molecule has 0 aliphatic rings. The molecule has 9 nitrogen and oxygen atoms in total. The molecule has 0 aliphatic heterocycles. The zero-order valence-electron chi connectivity index (χ0n) is 23.3. The second-order valence-corrected chi connectivity index (χ2v) is 10.8. The molecular formula is C28H35F2N7O2S. The van der Waals surface area contributed by atoms with Gasteiger partial charge >= 0.3 is 0 Å². The maximum Gasteiger partial charge on any atom is 0.284 e. The number of pyridine rings is 1. The molecule has 0 radical (unpaired) electrons. The Labute approximate surface area is 237 Å². The third kappa shape index (κ3) is 8.17. The predicted molar refractivity (Wildman–Crippen MR) is 155 cm³/mol. The molecule has 214 valence electrons. The Kier molecular flexibility index (Phi) is 10.5. The Hall–Kier alpha value is -3.67. The number of nitrogens with one attached hydrogen (secondary N) is 2. The quantitative estimate of drug-likeness (QED) is 0.162. The van der Waals surface area contributed by atoms with Gasteiger partial charge in [-0.05, 0) is 73.9 Å². The molecule has 0 spiro atoms. The number of azo groups is 1. The van der Waals surface area contributed by atoms with Crippen LogP contribution in [0.2, 0.25) is 0 Å². The van der Waals surface area contributed by atoms with Crippen molar-refractivity contribution in [3.8, 4) is 11.6 Å². The number of anilines is 1. The van der Waals surface area contributed by atoms with E-state index in [4.69, 9.17) is 5.41 Å². The van der Waals surface area contributed by atoms with E-state index in [0.29, 0.717) is 18.5 Å². The van der Waals surface area contributed by atoms with Gasteiger partial charge in [0.2, 0.25) is 0 Å². The van der Waals surface area contributed by atoms with Gasteiger partial charge in [-0.3, -0.25) is 4.79 Å². The molecule has 1 amide bonds. The summed E-state index contributed by atoms with van der Waals surface area (Å²) in [6.45, 7) is 6.14. The molecular weight excluding hydrogens is 536 g/mol. The summed E-state index contributed by atoms with van der Waals surface area (Å²) in [5.41, 5.74) is 3.35. The van der Waals surface area contributed by atoms with Gasteiger partial charge in [-0.2, -0.15) is 27.1 Å². The smallest absolute Gasteiger partial charge is 0.284 e. The van der Waals surface area contributed by atoms with Crippen LogP contribution < -0.4 is 5.32 Å². The van der Waals surface area contributed by atoms with Crippen molar-refractivity contribution in [3.63, 3.8) is 0 Å². The molecule has 0 bridgehead atoms. The van der Waals surface area contributed by atoms with E-state index >= 15 is 0 Å². The molecule has 1 unspecified atom stereocenters. The topological polar surface area (TPSA) is 129 Å². The fourth-order valence-electron chi connectivity index (χ4n) is 4.14. The zero-order valence-corrected chi connectivity index (χ0v) is 24.1. The first-order chi connectivity index (χ1) is 18.9. The van der Waals surface area contributed by atoms with Crippen LogP contribution in [-0.4, -0.2) is 56.0 Å². The van der Waals surface area contributed by atoms with Gasteiger partial charge in [0.15, 0.2) is 11.6 Å². The lowest BCUT2D eigenvalue weighted by Gasteiger charge is -2.17. The molecule has 1 aromatic carbocycles. The molecule has 3 N–H and O–H groups in total. The SMILES string of the molecule is CSCC(C)CCc1cc(C)cc(C)c1NC(=O)c1cc(CN=NCC(=N)C(C)(F)F)nn1-c1ncccc1O. The third-order valence-electron chi connectivity index (χ3n) is 6.21. The van der Waals surface area contributed by atoms with Crippen LogP contribution in [0.15, 0.2) is 46.8 Å². The number of hydrogen-bond acceptors (Lipinski definition) is 8. The number of aromatic nitrogens is 3. The van der Waals surface area contributed by atoms with Crippen molar-refractivity contribution in [2.45, 2.75) is 53.0 Å². The zero-order chi connectivity index (χ0) is 29.4. The van der Waals surface area contributed by atoms with Crippen molar-refractivity contribution >= 4 is 29.1 Å². The summed E-state index contributed by atoms with van der Waals surface area (Å²) in [6, 6.07) is 8.57. The van der Waals surface area contributed by atoms with E-state index < -0.39 is 24.1 Å². The highest BCUT2D eigenvalue weighted by Crippen LogP contribution is 2.28. The minimum absolute atomic E-state index is 0.0509. The molecule has 0 fully saturated rings. The molecule has 40 heavy (non-hydrogen) atoms. The minimum Gasteiger partial charge on any atom is -0.504 e. The number of hydrogen-bond donors (Lipinski definition) is 3. The fraction of sp³-hybridized carbons (Fsp3) is 0.429. The van der Waals surface area contributed by atoms with Crippen LogP contribution in [0.3, 0.4) is 0 Å². The first-order valence-corrected chi connectivity index (χ1v) is 14.2. The summed E-state index contributed by atoms with van der Waals surface area (Å²) in [7, 11) is 0. The Morgan fingerprint density at radius 3 is 2.70 bits per heavy atom. The van der Waals surface area contributed by atoms with Gasteiger partial charge in [-0.25, -0.2) is 18.4 Å². The lowest BCUT2D eigenvalue weighted by atomic mass is 9.97. The van der Waals surface area contributed by atoms with Crippen molar-refractivity contribution in [1.82, 2.24) is 14.8 Å². The predicted octanol–water partition coefficient (Wildman–Crippen LogP) is 6.40. The van der Waals surface area contributed by atoms with Crippen molar-refractivity contribution in [1.29, 1.82) is 5.41 Å². The minimum atomic E-state index is -3.28. The van der Waals surface area contributed by atoms with Crippen LogP contribution in [0, 0.1) is 25.2 Å². The number of aromatic hydroxyl groups is 1. The average Bonchev–Trinajstić information content (AvgIpc) is 3.31. The second-order valence-electron chi connectivity index (χ2n) is 9.91. The van der Waals surface area contributed by atoms with E-state index in [1.165, 1.54) is 23.0 Å². The van der Waals surface area contributed by atoms with E-state index in [1.807, 2.05) is 31.7 Å². The molecule has 12 heteroatoms. The first-order valence-electron chi connectivity index (χ1n) is 12.8. The number of carbonyl (C=O) groups is 1. The van der Waals surface area contributed by atoms with Gasteiger partial charge < -0.3 is 15.8 Å². The van der Waals surface area contributed by atoms with E-state index in [2.05, 4.69) is 44.9 Å². The number of carbonyl (C=O) groups excluding carboxylic acids is 1. The molecule has 2 aromatic heterocycles. The third-order valence-corrected chi connectivity index (χ3v) is 7.11. The normalized spacial score (nSPS) is 12.6. The summed E-state index contributed by atoms with van der Waals surface area (Å²) < 4.78 is 27.6. The molecule has 0 aliphatic carbocycles. The van der Waals surface area contributed by atoms with Gasteiger partial charge in [0.25, 0.3) is 11.8 Å². The van der Waals surface area contributed by atoms with Crippen molar-refractivity contribution in [2.24, 2.45) is 16.1 Å². The Bertz CT molecular complexity index is 1390. The summed E-state index contributed by atoms with van der Waals surface area (Å²) in [5.74, 6) is -2.28. The largest absolute Gasteiger partial charge is 0.504 e. The molecule has 1 atom stereocenters. The first kappa shape index (κ1) is 30.9. The lowest BCUT2D eigenvalue weighted by Crippen LogP contribution is -2.25. The number of thioether (sulfide) groups is 1. The molecule has 2 heterocycles. The van der Waals surface area contributed by atoms with Gasteiger partial charge in [-0.1, -0.05) is 24.6 Å². The number of nitrogens with zero attached hydrogens (tertiary/aromatic N) is 5. The van der Waals surface area contributed by atoms with Crippen molar-refractivity contribution in [3.05, 3.63) is 64.6 Å². The van der Waals surface area contributed by atoms with E-state index in [9.17, 15) is 18.7 Å². The number of aryl methyl sites for hydroxylation is 3. The molecule has 0 saturated heterocycles. The van der Waals surface area contributed by atoms with Crippen molar-refractivity contribution in [2.75, 3.05) is 23.9 Å². The van der Waals surface area contributed by atoms with Crippen LogP contribution in [0.25, 0.3) is 5.82 Å². The fourth-order valence-corrected chi connectivity index (χ4v) is 4.88. The highest BCUT2D eigenvalue weighted by molar-refractivity contribution is 7.98. The van der Waals surface area contributed by atoms with Crippen LogP contribution >= 0.6 is 11.8 Å². The monoisotopic (exact) mass is 571 g/mol. The lowest BCUT2D eigenvalue weighted by molar-refractivity contribution is 0.0979. The highest BCUT2D eigenvalue weighted by atomic mass is 32.2. The summed E-state index contributed by atoms with van der Waals surface area (Å²) in [6.07, 6.45) is 5.33. The second kappa shape index (κ2) is 13.6. The van der Waals surface area contributed by atoms with Crippen molar-refractivity contribution < 1.29 is 18.7 Å². The standard InChI is InChI=1S/C28H35F2N7O2S/c1-17(16-40-5)8-9-20-12-18(2)11-19(3)25(20)35-27(39)22-13-21(14-33-34-15-24(31)28(4,29)30)36-37(22)26-23(38)7-6-10-32-26/h6-7,10-13,17,31,38H,8-9,14-16H2,1-5H3,(H,35,39). The average molecular weight is 572 g/mol. The van der Waals surface area contributed by atoms with Gasteiger partial charge in [0.1, 0.15) is 24.5 Å². The number of rotatable bonds is 13. The Morgan fingerprint density at radius 1 is 1.27 bits per heavy atom. The van der Waals surface area contributed by atoms with Gasteiger partial charge in [0, 0.05) is 18.8 Å². The Morgan fingerprint density at radius 2 is 2.02 bits per heavy atom. The number of amides is 1. The number of alkyl halides is 2. The number of halogens is 2. The molecule has 3 rings (SSSR count). The van der Waals surface area contributed by atoms with Gasteiger partial charge in [0.05, 0.1) is 5.69 Å². The summed E-state index contributed by atoms with van der Waals surface area (Å²) in [4.78, 5) is 17.8. The van der Waals surface area contributed by atoms with E-state index in [-0.39, 0.29) is 23.8 Å². The Balaban J connectivity index is 1.91. The highest BCUT2D eigenvalue weighted by Gasteiger charge is 2.27. The molecule has 3 aromatic rings.